The van der Waals surface area contributed by atoms with Gasteiger partial charge in [-0.3, -0.25) is 19.3 Å². The molecule has 5 atom stereocenters. The predicted molar refractivity (Wildman–Crippen MR) is 154 cm³/mol. The fourth-order valence-corrected chi connectivity index (χ4v) is 7.37. The summed E-state index contributed by atoms with van der Waals surface area (Å²) in [6, 6.07) is 19.9. The monoisotopic (exact) mass is 620 g/mol. The number of nitrogens with one attached hydrogen (secondary N) is 1. The number of rotatable bonds is 6. The van der Waals surface area contributed by atoms with Crippen molar-refractivity contribution in [3.05, 3.63) is 92.9 Å². The van der Waals surface area contributed by atoms with E-state index in [0.29, 0.717) is 20.9 Å². The maximum absolute atomic E-state index is 13.6. The Morgan fingerprint density at radius 2 is 1.75 bits per heavy atom. The largest absolute Gasteiger partial charge is 0.452 e. The molecule has 3 aromatic rings. The Balaban J connectivity index is 1.13. The van der Waals surface area contributed by atoms with E-state index >= 15 is 0 Å². The predicted octanol–water partition coefficient (Wildman–Crippen LogP) is 6.14. The Bertz CT molecular complexity index is 1540. The van der Waals surface area contributed by atoms with E-state index in [0.717, 1.165) is 18.4 Å². The summed E-state index contributed by atoms with van der Waals surface area (Å²) in [7, 11) is 0. The fraction of sp³-hybridized carbons (Fsp3) is 0.290. The van der Waals surface area contributed by atoms with E-state index in [9.17, 15) is 19.2 Å². The van der Waals surface area contributed by atoms with Gasteiger partial charge < -0.3 is 10.1 Å². The van der Waals surface area contributed by atoms with Gasteiger partial charge in [0.15, 0.2) is 6.61 Å². The van der Waals surface area contributed by atoms with Gasteiger partial charge in [0.2, 0.25) is 11.8 Å². The number of carbonyl (C=O) groups excluding carboxylic acids is 4. The smallest absolute Gasteiger partial charge is 0.338 e. The van der Waals surface area contributed by atoms with E-state index in [1.807, 2.05) is 25.1 Å². The van der Waals surface area contributed by atoms with Crippen LogP contribution in [0.3, 0.4) is 0 Å². The number of fused-ring (bicyclic) bond motifs is 5. The first-order valence-corrected chi connectivity index (χ1v) is 14.4. The van der Waals surface area contributed by atoms with Gasteiger partial charge in [-0.1, -0.05) is 48.0 Å². The summed E-state index contributed by atoms with van der Waals surface area (Å²) in [4.78, 5) is 53.6. The molecule has 0 aromatic heterocycles. The van der Waals surface area contributed by atoms with Crippen LogP contribution >= 0.6 is 27.5 Å². The number of benzene rings is 3. The number of anilines is 2. The minimum Gasteiger partial charge on any atom is -0.452 e. The van der Waals surface area contributed by atoms with E-state index < -0.39 is 18.5 Å². The quantitative estimate of drug-likeness (QED) is 0.264. The lowest BCUT2D eigenvalue weighted by atomic mass is 9.73. The summed E-state index contributed by atoms with van der Waals surface area (Å²) >= 11 is 9.45. The Kier molecular flexibility index (Phi) is 7.00. The van der Waals surface area contributed by atoms with Gasteiger partial charge in [0.1, 0.15) is 0 Å². The Hall–Kier alpha value is -3.49. The third kappa shape index (κ3) is 4.63. The summed E-state index contributed by atoms with van der Waals surface area (Å²) < 4.78 is 5.93. The normalized spacial score (nSPS) is 24.8. The highest BCUT2D eigenvalue weighted by Crippen LogP contribution is 2.61. The number of halogens is 2. The number of imide groups is 1. The van der Waals surface area contributed by atoms with Gasteiger partial charge in [0.25, 0.3) is 5.91 Å². The molecule has 2 bridgehead atoms. The molecule has 1 saturated heterocycles. The first-order valence-electron chi connectivity index (χ1n) is 13.2. The van der Waals surface area contributed by atoms with Gasteiger partial charge in [-0.05, 0) is 94.9 Å². The third-order valence-corrected chi connectivity index (χ3v) is 9.66. The first kappa shape index (κ1) is 26.7. The van der Waals surface area contributed by atoms with Crippen molar-refractivity contribution in [2.75, 3.05) is 16.8 Å². The number of ether oxygens (including phenoxy) is 1. The molecule has 7 nitrogen and oxygen atoms in total. The molecular formula is C31H26BrClN2O5. The SMILES string of the molecule is Cc1cc(Br)c(Cl)cc1NC(=O)COC(=O)c1cccc(N2C(=O)[C@@H]3[C@@H]4C[C@@H]([C@H]3C2=O)[C@H](c2ccccc2)C4)c1. The van der Waals surface area contributed by atoms with Crippen LogP contribution in [-0.2, 0) is 19.1 Å². The highest BCUT2D eigenvalue weighted by molar-refractivity contribution is 9.10. The lowest BCUT2D eigenvalue weighted by molar-refractivity contribution is -0.123. The van der Waals surface area contributed by atoms with Gasteiger partial charge in [0, 0.05) is 10.2 Å². The highest BCUT2D eigenvalue weighted by atomic mass is 79.9. The first-order chi connectivity index (χ1) is 19.2. The summed E-state index contributed by atoms with van der Waals surface area (Å²) in [5.74, 6) is -1.71. The van der Waals surface area contributed by atoms with Crippen LogP contribution in [0, 0.1) is 30.6 Å². The van der Waals surface area contributed by atoms with Crippen molar-refractivity contribution in [1.29, 1.82) is 0 Å². The molecule has 1 N–H and O–H groups in total. The number of esters is 1. The zero-order chi connectivity index (χ0) is 28.1. The standard InChI is InChI=1S/C31H26BrClN2O5/c1-16-10-23(32)24(33)14-25(16)34-26(36)15-40-31(39)18-8-5-9-20(11-18)35-29(37)27-19-12-21(17-6-3-2-4-7-17)22(13-19)28(27)30(35)38/h2-11,14,19,21-22,27-28H,12-13,15H2,1H3,(H,34,36)/t19-,21-,22+,27+,28+/m0/s1. The molecule has 3 fully saturated rings. The zero-order valence-electron chi connectivity index (χ0n) is 21.6. The van der Waals surface area contributed by atoms with Crippen LogP contribution in [0.25, 0.3) is 0 Å². The van der Waals surface area contributed by atoms with Crippen LogP contribution in [0.15, 0.2) is 71.2 Å². The van der Waals surface area contributed by atoms with Crippen molar-refractivity contribution in [3.63, 3.8) is 0 Å². The second-order valence-corrected chi connectivity index (χ2v) is 12.0. The van der Waals surface area contributed by atoms with Crippen molar-refractivity contribution in [2.45, 2.75) is 25.7 Å². The number of carbonyl (C=O) groups is 4. The molecule has 3 amide bonds. The molecule has 0 unspecified atom stereocenters. The average molecular weight is 622 g/mol. The van der Waals surface area contributed by atoms with E-state index in [-0.39, 0.29) is 47.0 Å². The van der Waals surface area contributed by atoms with Gasteiger partial charge in [-0.2, -0.15) is 0 Å². The van der Waals surface area contributed by atoms with Crippen LogP contribution in [0.2, 0.25) is 5.02 Å². The van der Waals surface area contributed by atoms with E-state index in [1.54, 1.807) is 24.3 Å². The van der Waals surface area contributed by atoms with Gasteiger partial charge in [-0.25, -0.2) is 4.79 Å². The Labute approximate surface area is 245 Å². The van der Waals surface area contributed by atoms with Crippen LogP contribution in [0.1, 0.15) is 40.2 Å². The van der Waals surface area contributed by atoms with Gasteiger partial charge in [-0.15, -0.1) is 0 Å². The molecular weight excluding hydrogens is 596 g/mol. The van der Waals surface area contributed by atoms with Crippen molar-refractivity contribution in [2.24, 2.45) is 23.7 Å². The lowest BCUT2D eigenvalue weighted by Crippen LogP contribution is -2.33. The lowest BCUT2D eigenvalue weighted by Gasteiger charge is -2.28. The third-order valence-electron chi connectivity index (χ3n) is 8.46. The minimum atomic E-state index is -0.730. The van der Waals surface area contributed by atoms with Gasteiger partial charge in [0.05, 0.1) is 28.1 Å². The van der Waals surface area contributed by atoms with Crippen molar-refractivity contribution >= 4 is 62.6 Å². The summed E-state index contributed by atoms with van der Waals surface area (Å²) in [6.45, 7) is 1.31. The molecule has 1 aliphatic heterocycles. The number of nitrogens with zero attached hydrogens (tertiary/aromatic N) is 1. The zero-order valence-corrected chi connectivity index (χ0v) is 23.9. The van der Waals surface area contributed by atoms with E-state index in [4.69, 9.17) is 16.3 Å². The Morgan fingerprint density at radius 1 is 1.00 bits per heavy atom. The summed E-state index contributed by atoms with van der Waals surface area (Å²) in [5.41, 5.74) is 3.02. The average Bonchev–Trinajstić information content (AvgIpc) is 3.62. The van der Waals surface area contributed by atoms with Crippen molar-refractivity contribution < 1.29 is 23.9 Å². The molecule has 3 aliphatic rings. The van der Waals surface area contributed by atoms with Crippen LogP contribution in [0.4, 0.5) is 11.4 Å². The maximum Gasteiger partial charge on any atom is 0.338 e. The van der Waals surface area contributed by atoms with Crippen LogP contribution in [0.5, 0.6) is 0 Å². The number of aryl methyl sites for hydroxylation is 1. The Morgan fingerprint density at radius 3 is 2.52 bits per heavy atom. The van der Waals surface area contributed by atoms with Crippen molar-refractivity contribution in [3.8, 4) is 0 Å². The van der Waals surface area contributed by atoms with Crippen LogP contribution in [-0.4, -0.2) is 30.3 Å². The number of hydrogen-bond acceptors (Lipinski definition) is 5. The molecule has 1 heterocycles. The van der Waals surface area contributed by atoms with Crippen molar-refractivity contribution in [1.82, 2.24) is 0 Å². The second kappa shape index (κ2) is 10.5. The van der Waals surface area contributed by atoms with Crippen LogP contribution < -0.4 is 10.2 Å². The second-order valence-electron chi connectivity index (χ2n) is 10.7. The van der Waals surface area contributed by atoms with Gasteiger partial charge >= 0.3 is 5.97 Å². The molecule has 9 heteroatoms. The number of amides is 3. The molecule has 204 valence electrons. The minimum absolute atomic E-state index is 0.134. The topological polar surface area (TPSA) is 92.8 Å². The fourth-order valence-electron chi connectivity index (χ4n) is 6.75. The molecule has 0 spiro atoms. The van der Waals surface area contributed by atoms with E-state index in [1.165, 1.54) is 22.6 Å². The molecule has 2 saturated carbocycles. The van der Waals surface area contributed by atoms with E-state index in [2.05, 4.69) is 33.4 Å². The molecule has 3 aromatic carbocycles. The summed E-state index contributed by atoms with van der Waals surface area (Å²) in [6.07, 6.45) is 1.80. The molecule has 2 aliphatic carbocycles. The summed E-state index contributed by atoms with van der Waals surface area (Å²) in [5, 5.41) is 3.12. The number of hydrogen-bond donors (Lipinski definition) is 1. The molecule has 40 heavy (non-hydrogen) atoms. The maximum atomic E-state index is 13.6. The highest BCUT2D eigenvalue weighted by Gasteiger charge is 2.64. The molecule has 0 radical (unpaired) electrons. The molecule has 6 rings (SSSR count).